The number of rotatable bonds is 4. The molecule has 2 atom stereocenters. The Morgan fingerprint density at radius 1 is 1.60 bits per heavy atom. The molecule has 0 radical (unpaired) electrons. The van der Waals surface area contributed by atoms with Crippen molar-refractivity contribution < 1.29 is 0 Å². The molecular weight excluding hydrogens is 186 g/mol. The molecule has 0 amide bonds. The number of nitrogen functional groups attached to an aromatic ring is 1. The third kappa shape index (κ3) is 2.22. The number of hydrogen-bond donors (Lipinski definition) is 2. The molecule has 3 N–H and O–H groups in total. The van der Waals surface area contributed by atoms with Crippen LogP contribution in [0.25, 0.3) is 0 Å². The van der Waals surface area contributed by atoms with Crippen molar-refractivity contribution in [3.63, 3.8) is 0 Å². The molecule has 15 heavy (non-hydrogen) atoms. The average Bonchev–Trinajstić information content (AvgIpc) is 2.93. The van der Waals surface area contributed by atoms with Gasteiger partial charge in [0.15, 0.2) is 0 Å². The maximum atomic E-state index is 5.95. The van der Waals surface area contributed by atoms with Crippen molar-refractivity contribution in [2.45, 2.75) is 39.2 Å². The van der Waals surface area contributed by atoms with Crippen LogP contribution in [0.15, 0.2) is 12.3 Å². The SMILES string of the molecule is CCCC1CC1Nc1nccc(C)c1N. The van der Waals surface area contributed by atoms with E-state index in [0.717, 1.165) is 23.0 Å². The van der Waals surface area contributed by atoms with Gasteiger partial charge in [-0.3, -0.25) is 0 Å². The number of pyridine rings is 1. The zero-order chi connectivity index (χ0) is 10.8. The summed E-state index contributed by atoms with van der Waals surface area (Å²) in [6, 6.07) is 2.54. The molecule has 1 aromatic heterocycles. The highest BCUT2D eigenvalue weighted by molar-refractivity contribution is 5.65. The van der Waals surface area contributed by atoms with Crippen LogP contribution in [-0.4, -0.2) is 11.0 Å². The van der Waals surface area contributed by atoms with Gasteiger partial charge in [-0.25, -0.2) is 4.98 Å². The minimum absolute atomic E-state index is 0.599. The van der Waals surface area contributed by atoms with Gasteiger partial charge in [0.25, 0.3) is 0 Å². The molecule has 82 valence electrons. The molecule has 2 rings (SSSR count). The molecule has 0 spiro atoms. The van der Waals surface area contributed by atoms with Crippen molar-refractivity contribution in [1.29, 1.82) is 0 Å². The van der Waals surface area contributed by atoms with Gasteiger partial charge in [0.1, 0.15) is 5.82 Å². The van der Waals surface area contributed by atoms with Crippen LogP contribution < -0.4 is 11.1 Å². The summed E-state index contributed by atoms with van der Waals surface area (Å²) in [5.41, 5.74) is 7.84. The summed E-state index contributed by atoms with van der Waals surface area (Å²) in [5.74, 6) is 1.69. The first-order valence-electron chi connectivity index (χ1n) is 5.70. The lowest BCUT2D eigenvalue weighted by molar-refractivity contribution is 0.692. The molecular formula is C12H19N3. The van der Waals surface area contributed by atoms with Crippen molar-refractivity contribution in [2.75, 3.05) is 11.1 Å². The second kappa shape index (κ2) is 4.09. The number of anilines is 2. The topological polar surface area (TPSA) is 50.9 Å². The molecule has 3 nitrogen and oxygen atoms in total. The van der Waals surface area contributed by atoms with Crippen LogP contribution in [0.1, 0.15) is 31.7 Å². The van der Waals surface area contributed by atoms with Crippen LogP contribution in [0.4, 0.5) is 11.5 Å². The fraction of sp³-hybridized carbons (Fsp3) is 0.583. The Kier molecular flexibility index (Phi) is 2.80. The van der Waals surface area contributed by atoms with E-state index in [1.807, 2.05) is 19.2 Å². The monoisotopic (exact) mass is 205 g/mol. The van der Waals surface area contributed by atoms with Crippen molar-refractivity contribution in [3.8, 4) is 0 Å². The number of aromatic nitrogens is 1. The second-order valence-electron chi connectivity index (χ2n) is 4.43. The summed E-state index contributed by atoms with van der Waals surface area (Å²) in [4.78, 5) is 4.28. The molecule has 0 aromatic carbocycles. The Hall–Kier alpha value is -1.25. The lowest BCUT2D eigenvalue weighted by Crippen LogP contribution is -2.09. The quantitative estimate of drug-likeness (QED) is 0.794. The van der Waals surface area contributed by atoms with Crippen LogP contribution in [0.5, 0.6) is 0 Å². The summed E-state index contributed by atoms with van der Waals surface area (Å²) in [7, 11) is 0. The van der Waals surface area contributed by atoms with Crippen LogP contribution in [0, 0.1) is 12.8 Å². The lowest BCUT2D eigenvalue weighted by atomic mass is 10.2. The number of aryl methyl sites for hydroxylation is 1. The van der Waals surface area contributed by atoms with Crippen molar-refractivity contribution in [2.24, 2.45) is 5.92 Å². The maximum Gasteiger partial charge on any atom is 0.149 e. The van der Waals surface area contributed by atoms with Crippen molar-refractivity contribution in [1.82, 2.24) is 4.98 Å². The minimum Gasteiger partial charge on any atom is -0.396 e. The minimum atomic E-state index is 0.599. The van der Waals surface area contributed by atoms with E-state index in [1.165, 1.54) is 19.3 Å². The predicted molar refractivity (Wildman–Crippen MR) is 63.8 cm³/mol. The molecule has 1 fully saturated rings. The lowest BCUT2D eigenvalue weighted by Gasteiger charge is -2.09. The fourth-order valence-corrected chi connectivity index (χ4v) is 1.97. The largest absolute Gasteiger partial charge is 0.396 e. The Labute approximate surface area is 91.1 Å². The summed E-state index contributed by atoms with van der Waals surface area (Å²) in [5, 5.41) is 3.42. The van der Waals surface area contributed by atoms with E-state index in [0.29, 0.717) is 6.04 Å². The molecule has 1 aliphatic carbocycles. The van der Waals surface area contributed by atoms with Crippen molar-refractivity contribution in [3.05, 3.63) is 17.8 Å². The van der Waals surface area contributed by atoms with Crippen LogP contribution in [0.3, 0.4) is 0 Å². The smallest absolute Gasteiger partial charge is 0.149 e. The molecule has 1 saturated carbocycles. The number of nitrogens with two attached hydrogens (primary N) is 1. The van der Waals surface area contributed by atoms with Gasteiger partial charge in [0.05, 0.1) is 5.69 Å². The molecule has 2 unspecified atom stereocenters. The van der Waals surface area contributed by atoms with Gasteiger partial charge in [-0.2, -0.15) is 0 Å². The summed E-state index contributed by atoms with van der Waals surface area (Å²) in [6.45, 7) is 4.24. The van der Waals surface area contributed by atoms with Crippen LogP contribution in [0.2, 0.25) is 0 Å². The zero-order valence-corrected chi connectivity index (χ0v) is 9.46. The van der Waals surface area contributed by atoms with E-state index in [9.17, 15) is 0 Å². The van der Waals surface area contributed by atoms with E-state index in [4.69, 9.17) is 5.73 Å². The molecule has 1 aliphatic rings. The molecule has 0 bridgehead atoms. The first-order chi connectivity index (χ1) is 7.22. The first-order valence-corrected chi connectivity index (χ1v) is 5.70. The van der Waals surface area contributed by atoms with Crippen molar-refractivity contribution >= 4 is 11.5 Å². The van der Waals surface area contributed by atoms with Gasteiger partial charge in [0, 0.05) is 12.2 Å². The Bertz CT molecular complexity index is 349. The summed E-state index contributed by atoms with van der Waals surface area (Å²) in [6.07, 6.45) is 5.65. The maximum absolute atomic E-state index is 5.95. The van der Waals surface area contributed by atoms with E-state index in [-0.39, 0.29) is 0 Å². The van der Waals surface area contributed by atoms with E-state index in [2.05, 4.69) is 17.2 Å². The van der Waals surface area contributed by atoms with Gasteiger partial charge in [0.2, 0.25) is 0 Å². The molecule has 3 heteroatoms. The van der Waals surface area contributed by atoms with Gasteiger partial charge >= 0.3 is 0 Å². The normalized spacial score (nSPS) is 23.9. The van der Waals surface area contributed by atoms with Crippen LogP contribution >= 0.6 is 0 Å². The zero-order valence-electron chi connectivity index (χ0n) is 9.46. The molecule has 0 saturated heterocycles. The van der Waals surface area contributed by atoms with Gasteiger partial charge in [-0.1, -0.05) is 13.3 Å². The predicted octanol–water partition coefficient (Wildman–Crippen LogP) is 2.57. The highest BCUT2D eigenvalue weighted by atomic mass is 15.1. The Morgan fingerprint density at radius 3 is 3.13 bits per heavy atom. The first kappa shape index (κ1) is 10.3. The number of hydrogen-bond acceptors (Lipinski definition) is 3. The van der Waals surface area contributed by atoms with Gasteiger partial charge in [-0.05, 0) is 37.3 Å². The second-order valence-corrected chi connectivity index (χ2v) is 4.43. The summed E-state index contributed by atoms with van der Waals surface area (Å²) >= 11 is 0. The van der Waals surface area contributed by atoms with E-state index in [1.54, 1.807) is 0 Å². The van der Waals surface area contributed by atoms with Gasteiger partial charge in [-0.15, -0.1) is 0 Å². The average molecular weight is 205 g/mol. The standard InChI is InChI=1S/C12H19N3/c1-3-4-9-7-10(9)15-12-11(13)8(2)5-6-14-12/h5-6,9-10H,3-4,7,13H2,1-2H3,(H,14,15). The number of nitrogens with zero attached hydrogens (tertiary/aromatic N) is 1. The fourth-order valence-electron chi connectivity index (χ4n) is 1.97. The highest BCUT2D eigenvalue weighted by Crippen LogP contribution is 2.37. The summed E-state index contributed by atoms with van der Waals surface area (Å²) < 4.78 is 0. The Balaban J connectivity index is 1.98. The third-order valence-corrected chi connectivity index (χ3v) is 3.11. The molecule has 1 aromatic rings. The van der Waals surface area contributed by atoms with Gasteiger partial charge < -0.3 is 11.1 Å². The van der Waals surface area contributed by atoms with Crippen LogP contribution in [-0.2, 0) is 0 Å². The van der Waals surface area contributed by atoms with E-state index >= 15 is 0 Å². The molecule has 0 aliphatic heterocycles. The van der Waals surface area contributed by atoms with E-state index < -0.39 is 0 Å². The third-order valence-electron chi connectivity index (χ3n) is 3.11. The number of nitrogens with one attached hydrogen (secondary N) is 1. The highest BCUT2D eigenvalue weighted by Gasteiger charge is 2.36. The Morgan fingerprint density at radius 2 is 2.40 bits per heavy atom. The molecule has 1 heterocycles.